The van der Waals surface area contributed by atoms with Crippen LogP contribution in [0.2, 0.25) is 0 Å². The lowest BCUT2D eigenvalue weighted by Gasteiger charge is -2.52. The molecule has 40 heavy (non-hydrogen) atoms. The van der Waals surface area contributed by atoms with Crippen LogP contribution >= 0.6 is 15.8 Å². The maximum Gasteiger partial charge on any atom is -0.00153 e. The van der Waals surface area contributed by atoms with Crippen LogP contribution < -0.4 is 10.6 Å². The second kappa shape index (κ2) is 9.92. The summed E-state index contributed by atoms with van der Waals surface area (Å²) < 4.78 is 0. The minimum absolute atomic E-state index is 0.313. The minimum Gasteiger partial charge on any atom is -0.0630 e. The Morgan fingerprint density at radius 3 is 1.10 bits per heavy atom. The predicted molar refractivity (Wildman–Crippen MR) is 184 cm³/mol. The van der Waals surface area contributed by atoms with E-state index < -0.39 is 15.8 Å². The molecule has 210 valence electrons. The van der Waals surface area contributed by atoms with E-state index in [1.807, 2.05) is 0 Å². The van der Waals surface area contributed by atoms with Crippen molar-refractivity contribution in [2.24, 2.45) is 0 Å². The maximum absolute atomic E-state index is 2.57. The Balaban J connectivity index is 1.78. The molecule has 4 aromatic carbocycles. The average molecular weight is 567 g/mol. The molecule has 2 fully saturated rings. The van der Waals surface area contributed by atoms with Crippen molar-refractivity contribution >= 4 is 48.0 Å². The zero-order valence-corrected chi connectivity index (χ0v) is 27.9. The van der Waals surface area contributed by atoms with Gasteiger partial charge in [0.2, 0.25) is 0 Å². The summed E-state index contributed by atoms with van der Waals surface area (Å²) in [5.74, 6) is 0. The maximum atomic E-state index is 2.57. The van der Waals surface area contributed by atoms with Gasteiger partial charge in [-0.25, -0.2) is 0 Å². The van der Waals surface area contributed by atoms with Gasteiger partial charge >= 0.3 is 0 Å². The summed E-state index contributed by atoms with van der Waals surface area (Å²) in [6.07, 6.45) is 7.98. The molecule has 0 aromatic heterocycles. The molecule has 0 aliphatic carbocycles. The van der Waals surface area contributed by atoms with Gasteiger partial charge in [0, 0.05) is 0 Å². The second-order valence-electron chi connectivity index (χ2n) is 15.0. The van der Waals surface area contributed by atoms with Gasteiger partial charge in [-0.15, -0.1) is 0 Å². The zero-order chi connectivity index (χ0) is 28.5. The Bertz CT molecular complexity index is 1420. The minimum atomic E-state index is -0.397. The Morgan fingerprint density at radius 2 is 0.750 bits per heavy atom. The molecule has 2 aliphatic rings. The molecule has 2 saturated heterocycles. The molecule has 6 rings (SSSR count). The van der Waals surface area contributed by atoms with Gasteiger partial charge in [-0.3, -0.25) is 0 Å². The normalized spacial score (nSPS) is 22.5. The molecule has 0 nitrogen and oxygen atoms in total. The van der Waals surface area contributed by atoms with Gasteiger partial charge in [-0.1, -0.05) is 157 Å². The highest BCUT2D eigenvalue weighted by Crippen LogP contribution is 2.68. The summed E-state index contributed by atoms with van der Waals surface area (Å²) in [5.41, 5.74) is 3.11. The fourth-order valence-electron chi connectivity index (χ4n) is 8.72. The van der Waals surface area contributed by atoms with Crippen LogP contribution in [0.4, 0.5) is 0 Å². The molecule has 0 atom stereocenters. The van der Waals surface area contributed by atoms with Crippen molar-refractivity contribution in [2.45, 2.75) is 115 Å². The van der Waals surface area contributed by atoms with Gasteiger partial charge in [0.25, 0.3) is 0 Å². The third-order valence-corrected chi connectivity index (χ3v) is 17.6. The van der Waals surface area contributed by atoms with Crippen molar-refractivity contribution in [3.05, 3.63) is 72.8 Å². The quantitative estimate of drug-likeness (QED) is 0.216. The molecule has 0 radical (unpaired) electrons. The first-order chi connectivity index (χ1) is 18.8. The monoisotopic (exact) mass is 566 g/mol. The molecule has 0 unspecified atom stereocenters. The van der Waals surface area contributed by atoms with Crippen molar-refractivity contribution in [1.82, 2.24) is 0 Å². The SMILES string of the molecule is CC1(C)CCCC(C)(C)P1c1ccc2ccccc2c1-c1c(P2C(C)(C)CCCC2(C)C)ccc2ccccc12. The van der Waals surface area contributed by atoms with Gasteiger partial charge in [0.05, 0.1) is 0 Å². The van der Waals surface area contributed by atoms with Crippen LogP contribution in [0.15, 0.2) is 72.8 Å². The summed E-state index contributed by atoms with van der Waals surface area (Å²) in [6, 6.07) is 28.5. The van der Waals surface area contributed by atoms with Crippen LogP contribution in [0, 0.1) is 0 Å². The van der Waals surface area contributed by atoms with Gasteiger partial charge < -0.3 is 0 Å². The van der Waals surface area contributed by atoms with E-state index in [9.17, 15) is 0 Å². The van der Waals surface area contributed by atoms with E-state index in [2.05, 4.69) is 128 Å². The van der Waals surface area contributed by atoms with Crippen molar-refractivity contribution in [3.8, 4) is 11.1 Å². The first-order valence-corrected chi connectivity index (χ1v) is 18.2. The van der Waals surface area contributed by atoms with E-state index in [1.165, 1.54) is 60.1 Å². The van der Waals surface area contributed by atoms with E-state index in [4.69, 9.17) is 0 Å². The second-order valence-corrected chi connectivity index (χ2v) is 22.1. The standard InChI is InChI=1S/C38H48P2/c1-35(2)23-13-24-36(3,4)39(35)31-21-19-27-15-9-11-17-29(27)33(31)34-30-18-12-10-16-28(30)20-22-32(34)40-37(5,6)25-14-26-38(40,7)8/h9-12,15-22H,13-14,23-26H2,1-8H3. The smallest absolute Gasteiger partial charge is 0.00153 e. The van der Waals surface area contributed by atoms with E-state index in [0.29, 0.717) is 20.6 Å². The lowest BCUT2D eigenvalue weighted by Crippen LogP contribution is -2.41. The Morgan fingerprint density at radius 1 is 0.425 bits per heavy atom. The van der Waals surface area contributed by atoms with Crippen LogP contribution in [-0.2, 0) is 0 Å². The number of hydrogen-bond donors (Lipinski definition) is 0. The first kappa shape index (κ1) is 28.4. The van der Waals surface area contributed by atoms with Crippen molar-refractivity contribution < 1.29 is 0 Å². The van der Waals surface area contributed by atoms with Gasteiger partial charge in [0.1, 0.15) is 0 Å². The molecule has 2 heteroatoms. The molecule has 2 aliphatic heterocycles. The summed E-state index contributed by atoms with van der Waals surface area (Å²) in [6.45, 7) is 20.6. The fourth-order valence-corrected chi connectivity index (χ4v) is 17.5. The first-order valence-electron chi connectivity index (χ1n) is 15.5. The summed E-state index contributed by atoms with van der Waals surface area (Å²) >= 11 is 0. The lowest BCUT2D eigenvalue weighted by molar-refractivity contribution is 0.470. The summed E-state index contributed by atoms with van der Waals surface area (Å²) in [4.78, 5) is 0. The Kier molecular flexibility index (Phi) is 7.04. The van der Waals surface area contributed by atoms with E-state index >= 15 is 0 Å². The average Bonchev–Trinajstić information content (AvgIpc) is 2.86. The number of benzene rings is 4. The predicted octanol–water partition coefficient (Wildman–Crippen LogP) is 11.4. The number of fused-ring (bicyclic) bond motifs is 2. The molecule has 0 saturated carbocycles. The van der Waals surface area contributed by atoms with E-state index in [0.717, 1.165) is 0 Å². The van der Waals surface area contributed by atoms with Crippen LogP contribution in [0.1, 0.15) is 93.9 Å². The van der Waals surface area contributed by atoms with Crippen molar-refractivity contribution in [3.63, 3.8) is 0 Å². The molecule has 4 aromatic rings. The zero-order valence-electron chi connectivity index (χ0n) is 26.1. The van der Waals surface area contributed by atoms with Crippen LogP contribution in [-0.4, -0.2) is 20.6 Å². The highest BCUT2D eigenvalue weighted by Gasteiger charge is 2.48. The van der Waals surface area contributed by atoms with Gasteiger partial charge in [-0.05, 0) is 89.6 Å². The molecule has 0 amide bonds. The van der Waals surface area contributed by atoms with Crippen LogP contribution in [0.5, 0.6) is 0 Å². The largest absolute Gasteiger partial charge is 0.0630 e. The third-order valence-electron chi connectivity index (χ3n) is 10.1. The van der Waals surface area contributed by atoms with Crippen LogP contribution in [0.25, 0.3) is 32.7 Å². The van der Waals surface area contributed by atoms with Gasteiger partial charge in [0.15, 0.2) is 0 Å². The summed E-state index contributed by atoms with van der Waals surface area (Å²) in [7, 11) is -0.793. The fraction of sp³-hybridized carbons (Fsp3) is 0.474. The van der Waals surface area contributed by atoms with E-state index in [1.54, 1.807) is 21.7 Å². The van der Waals surface area contributed by atoms with Crippen molar-refractivity contribution in [1.29, 1.82) is 0 Å². The van der Waals surface area contributed by atoms with Gasteiger partial charge in [-0.2, -0.15) is 0 Å². The molecule has 0 spiro atoms. The molecule has 0 N–H and O–H groups in total. The Labute approximate surface area is 245 Å². The summed E-state index contributed by atoms with van der Waals surface area (Å²) in [5, 5.41) is 10.2. The van der Waals surface area contributed by atoms with Crippen LogP contribution in [0.3, 0.4) is 0 Å². The number of hydrogen-bond acceptors (Lipinski definition) is 0. The van der Waals surface area contributed by atoms with Crippen molar-refractivity contribution in [2.75, 3.05) is 0 Å². The number of rotatable bonds is 3. The highest BCUT2D eigenvalue weighted by atomic mass is 31.1. The molecular weight excluding hydrogens is 518 g/mol. The highest BCUT2D eigenvalue weighted by molar-refractivity contribution is 7.69. The third kappa shape index (κ3) is 4.67. The molecule has 0 bridgehead atoms. The Hall–Kier alpha value is -1.74. The molecule has 2 heterocycles. The topological polar surface area (TPSA) is 0 Å². The van der Waals surface area contributed by atoms with E-state index in [-0.39, 0.29) is 0 Å². The molecular formula is C38H48P2. The lowest BCUT2D eigenvalue weighted by atomic mass is 9.93.